The normalized spacial score (nSPS) is 15.7. The van der Waals surface area contributed by atoms with E-state index in [-0.39, 0.29) is 11.0 Å². The predicted octanol–water partition coefficient (Wildman–Crippen LogP) is 9.13. The highest BCUT2D eigenvalue weighted by molar-refractivity contribution is 6.09. The summed E-state index contributed by atoms with van der Waals surface area (Å²) in [5, 5.41) is 2.90. The van der Waals surface area contributed by atoms with Crippen LogP contribution in [0.4, 0.5) is 0 Å². The predicted molar refractivity (Wildman–Crippen MR) is 175 cm³/mol. The number of fused-ring (bicyclic) bond motifs is 15. The van der Waals surface area contributed by atoms with Gasteiger partial charge in [-0.15, -0.1) is 0 Å². The summed E-state index contributed by atoms with van der Waals surface area (Å²) < 4.78 is 2.06. The number of pyridine rings is 1. The zero-order chi connectivity index (χ0) is 28.7. The quantitative estimate of drug-likeness (QED) is 0.173. The van der Waals surface area contributed by atoms with Gasteiger partial charge >= 0.3 is 0 Å². The van der Waals surface area contributed by atoms with E-state index in [1.54, 1.807) is 0 Å². The van der Waals surface area contributed by atoms with Crippen molar-refractivity contribution in [2.45, 2.75) is 24.7 Å². The van der Waals surface area contributed by atoms with Gasteiger partial charge in [-0.1, -0.05) is 135 Å². The van der Waals surface area contributed by atoms with Gasteiger partial charge < -0.3 is 0 Å². The molecule has 10 rings (SSSR count). The van der Waals surface area contributed by atoms with E-state index < -0.39 is 5.41 Å². The first-order valence-electron chi connectivity index (χ1n) is 15.1. The summed E-state index contributed by atoms with van der Waals surface area (Å²) in [5.74, 6) is 0. The molecule has 0 atom stereocenters. The fourth-order valence-corrected chi connectivity index (χ4v) is 8.89. The first-order valence-corrected chi connectivity index (χ1v) is 15.1. The molecular formula is C41H27NO. The van der Waals surface area contributed by atoms with Crippen molar-refractivity contribution in [3.63, 3.8) is 0 Å². The lowest BCUT2D eigenvalue weighted by atomic mass is 9.69. The molecule has 0 bridgehead atoms. The van der Waals surface area contributed by atoms with E-state index in [0.717, 1.165) is 27.4 Å². The van der Waals surface area contributed by atoms with Gasteiger partial charge in [0.05, 0.1) is 16.6 Å². The van der Waals surface area contributed by atoms with Gasteiger partial charge in [0.15, 0.2) is 0 Å². The Hall–Kier alpha value is -5.21. The number of aromatic nitrogens is 1. The van der Waals surface area contributed by atoms with E-state index >= 15 is 0 Å². The van der Waals surface area contributed by atoms with Crippen molar-refractivity contribution in [2.24, 2.45) is 0 Å². The zero-order valence-corrected chi connectivity index (χ0v) is 24.0. The molecule has 2 aliphatic carbocycles. The molecule has 3 aliphatic rings. The summed E-state index contributed by atoms with van der Waals surface area (Å²) >= 11 is 0. The number of nitrogens with zero attached hydrogens (tertiary/aromatic N) is 1. The highest BCUT2D eigenvalue weighted by Crippen LogP contribution is 2.64. The molecule has 0 N–H and O–H groups in total. The molecule has 7 aromatic rings. The number of benzene rings is 6. The number of rotatable bonds is 0. The smallest absolute Gasteiger partial charge is 0.263 e. The Bertz CT molecular complexity index is 2410. The molecule has 0 amide bonds. The maximum Gasteiger partial charge on any atom is 0.263 e. The number of hydrogen-bond donors (Lipinski definition) is 0. The largest absolute Gasteiger partial charge is 0.275 e. The Morgan fingerprint density at radius 3 is 1.67 bits per heavy atom. The lowest BCUT2D eigenvalue weighted by Gasteiger charge is -2.38. The minimum Gasteiger partial charge on any atom is -0.275 e. The van der Waals surface area contributed by atoms with Gasteiger partial charge in [0.1, 0.15) is 0 Å². The average molecular weight is 550 g/mol. The van der Waals surface area contributed by atoms with E-state index in [4.69, 9.17) is 0 Å². The van der Waals surface area contributed by atoms with Gasteiger partial charge in [-0.2, -0.15) is 0 Å². The van der Waals surface area contributed by atoms with E-state index in [1.807, 2.05) is 18.2 Å². The molecule has 0 fully saturated rings. The molecule has 0 unspecified atom stereocenters. The standard InChI is InChI=1S/C41H27NO/c1-40(2)34-21-11-17-27-24-12-3-4-15-28(24)39(43)42(37(27)34)38-35(40)23-22-33-36(38)29-16-7-10-20-32(29)41(33)30-18-8-5-13-25(30)26-14-6-9-19-31(26)41/h3-23H,1-2H3. The Balaban J connectivity index is 1.46. The topological polar surface area (TPSA) is 22.0 Å². The second kappa shape index (κ2) is 7.59. The van der Waals surface area contributed by atoms with Crippen molar-refractivity contribution in [2.75, 3.05) is 0 Å². The van der Waals surface area contributed by atoms with E-state index in [1.165, 1.54) is 55.6 Å². The van der Waals surface area contributed by atoms with E-state index in [0.29, 0.717) is 0 Å². The summed E-state index contributed by atoms with van der Waals surface area (Å²) in [4.78, 5) is 14.7. The van der Waals surface area contributed by atoms with Crippen molar-refractivity contribution < 1.29 is 0 Å². The molecule has 0 saturated carbocycles. The van der Waals surface area contributed by atoms with Gasteiger partial charge in [-0.05, 0) is 61.5 Å². The summed E-state index contributed by atoms with van der Waals surface area (Å²) in [7, 11) is 0. The van der Waals surface area contributed by atoms with Crippen LogP contribution in [0.1, 0.15) is 47.2 Å². The van der Waals surface area contributed by atoms with Crippen LogP contribution < -0.4 is 5.56 Å². The van der Waals surface area contributed by atoms with Crippen molar-refractivity contribution in [1.82, 2.24) is 4.57 Å². The summed E-state index contributed by atoms with van der Waals surface area (Å²) in [6.45, 7) is 4.62. The molecule has 6 aromatic carbocycles. The molecule has 0 saturated heterocycles. The summed E-state index contributed by atoms with van der Waals surface area (Å²) in [6.07, 6.45) is 0. The maximum absolute atomic E-state index is 14.7. The average Bonchev–Trinajstić information content (AvgIpc) is 3.52. The van der Waals surface area contributed by atoms with Crippen LogP contribution in [0.2, 0.25) is 0 Å². The monoisotopic (exact) mass is 549 g/mol. The van der Waals surface area contributed by atoms with Crippen LogP contribution in [0.5, 0.6) is 0 Å². The van der Waals surface area contributed by atoms with Crippen LogP contribution in [0.15, 0.2) is 132 Å². The molecule has 43 heavy (non-hydrogen) atoms. The fourth-order valence-electron chi connectivity index (χ4n) is 8.89. The van der Waals surface area contributed by atoms with Crippen LogP contribution in [0, 0.1) is 0 Å². The molecule has 0 radical (unpaired) electrons. The second-order valence-corrected chi connectivity index (χ2v) is 12.8. The van der Waals surface area contributed by atoms with Crippen LogP contribution in [-0.2, 0) is 10.8 Å². The highest BCUT2D eigenvalue weighted by Gasteiger charge is 2.53. The van der Waals surface area contributed by atoms with Gasteiger partial charge in [0.25, 0.3) is 5.56 Å². The molecular weight excluding hydrogens is 522 g/mol. The molecule has 2 heteroatoms. The van der Waals surface area contributed by atoms with E-state index in [9.17, 15) is 4.79 Å². The van der Waals surface area contributed by atoms with Crippen molar-refractivity contribution in [3.8, 4) is 27.9 Å². The fraction of sp³-hybridized carbons (Fsp3) is 0.0976. The van der Waals surface area contributed by atoms with Gasteiger partial charge in [0.2, 0.25) is 0 Å². The lowest BCUT2D eigenvalue weighted by molar-refractivity contribution is 0.625. The Labute approximate surface area is 249 Å². The number of para-hydroxylation sites is 1. The van der Waals surface area contributed by atoms with Crippen molar-refractivity contribution in [1.29, 1.82) is 0 Å². The Morgan fingerprint density at radius 2 is 0.977 bits per heavy atom. The number of hydrogen-bond acceptors (Lipinski definition) is 1. The maximum atomic E-state index is 14.7. The van der Waals surface area contributed by atoms with Crippen molar-refractivity contribution in [3.05, 3.63) is 171 Å². The van der Waals surface area contributed by atoms with Gasteiger partial charge in [-0.3, -0.25) is 9.36 Å². The minimum atomic E-state index is -0.450. The van der Waals surface area contributed by atoms with Crippen LogP contribution in [0.25, 0.3) is 49.6 Å². The van der Waals surface area contributed by atoms with Crippen LogP contribution in [0.3, 0.4) is 0 Å². The van der Waals surface area contributed by atoms with Crippen LogP contribution in [-0.4, -0.2) is 4.57 Å². The SMILES string of the molecule is CC1(C)c2ccc3c(c2-n2c(=O)c4ccccc4c4cccc1c42)-c1ccccc1C31c2ccccc2-c2ccccc21. The third-order valence-electron chi connectivity index (χ3n) is 10.6. The second-order valence-electron chi connectivity index (χ2n) is 12.8. The molecule has 1 aliphatic heterocycles. The lowest BCUT2D eigenvalue weighted by Crippen LogP contribution is -2.33. The first-order chi connectivity index (χ1) is 21.0. The van der Waals surface area contributed by atoms with E-state index in [2.05, 4.69) is 128 Å². The third kappa shape index (κ3) is 2.49. The first kappa shape index (κ1) is 23.4. The molecule has 2 heterocycles. The van der Waals surface area contributed by atoms with Crippen LogP contribution >= 0.6 is 0 Å². The van der Waals surface area contributed by atoms with Gasteiger partial charge in [0, 0.05) is 21.8 Å². The minimum absolute atomic E-state index is 0.0475. The van der Waals surface area contributed by atoms with Gasteiger partial charge in [-0.25, -0.2) is 0 Å². The Kier molecular flexibility index (Phi) is 4.12. The molecule has 2 nitrogen and oxygen atoms in total. The van der Waals surface area contributed by atoms with Crippen molar-refractivity contribution >= 4 is 21.7 Å². The zero-order valence-electron chi connectivity index (χ0n) is 24.0. The highest BCUT2D eigenvalue weighted by atomic mass is 16.1. The molecule has 1 aromatic heterocycles. The molecule has 1 spiro atoms. The third-order valence-corrected chi connectivity index (χ3v) is 10.6. The summed E-state index contributed by atoms with van der Waals surface area (Å²) in [5.41, 5.74) is 13.9. The Morgan fingerprint density at radius 1 is 0.465 bits per heavy atom. The molecule has 202 valence electrons. The summed E-state index contributed by atoms with van der Waals surface area (Å²) in [6, 6.07) is 46.0.